The second kappa shape index (κ2) is 7.90. The first-order valence-corrected chi connectivity index (χ1v) is 10.2. The number of likely N-dealkylation sites (tertiary alicyclic amines) is 1. The predicted molar refractivity (Wildman–Crippen MR) is 86.9 cm³/mol. The Morgan fingerprint density at radius 3 is 2.52 bits per heavy atom. The number of nitrogens with zero attached hydrogens (tertiary/aromatic N) is 2. The zero-order valence-corrected chi connectivity index (χ0v) is 14.4. The SMILES string of the molecule is CC(CN1CCCCC1)NCC1CCCN(S(C)(=O)=O)C1. The third kappa shape index (κ3) is 5.85. The van der Waals surface area contributed by atoms with Gasteiger partial charge in [0.25, 0.3) is 0 Å². The molecule has 5 nitrogen and oxygen atoms in total. The maximum Gasteiger partial charge on any atom is 0.211 e. The molecule has 0 bridgehead atoms. The van der Waals surface area contributed by atoms with E-state index in [1.165, 1.54) is 38.6 Å². The van der Waals surface area contributed by atoms with Crippen molar-refractivity contribution < 1.29 is 8.42 Å². The summed E-state index contributed by atoms with van der Waals surface area (Å²) in [7, 11) is -3.02. The van der Waals surface area contributed by atoms with Crippen molar-refractivity contribution in [2.75, 3.05) is 45.5 Å². The molecular formula is C15H31N3O2S. The summed E-state index contributed by atoms with van der Waals surface area (Å²) >= 11 is 0. The van der Waals surface area contributed by atoms with Gasteiger partial charge < -0.3 is 10.2 Å². The van der Waals surface area contributed by atoms with E-state index in [-0.39, 0.29) is 0 Å². The van der Waals surface area contributed by atoms with Gasteiger partial charge in [0, 0.05) is 25.7 Å². The average Bonchev–Trinajstić information content (AvgIpc) is 2.46. The van der Waals surface area contributed by atoms with Gasteiger partial charge in [0.2, 0.25) is 10.0 Å². The van der Waals surface area contributed by atoms with Crippen LogP contribution in [0.15, 0.2) is 0 Å². The van der Waals surface area contributed by atoms with Gasteiger partial charge in [-0.15, -0.1) is 0 Å². The van der Waals surface area contributed by atoms with Crippen molar-refractivity contribution in [2.45, 2.75) is 45.1 Å². The van der Waals surface area contributed by atoms with E-state index in [4.69, 9.17) is 0 Å². The van der Waals surface area contributed by atoms with Gasteiger partial charge in [0.1, 0.15) is 0 Å². The summed E-state index contributed by atoms with van der Waals surface area (Å²) in [4.78, 5) is 2.55. The standard InChI is InChI=1S/C15H31N3O2S/c1-14(12-17-8-4-3-5-9-17)16-11-15-7-6-10-18(13-15)21(2,19)20/h14-16H,3-13H2,1-2H3. The second-order valence-corrected chi connectivity index (χ2v) is 8.78. The Labute approximate surface area is 130 Å². The summed E-state index contributed by atoms with van der Waals surface area (Å²) in [6.07, 6.45) is 7.48. The van der Waals surface area contributed by atoms with Crippen molar-refractivity contribution in [1.29, 1.82) is 0 Å². The fourth-order valence-corrected chi connectivity index (χ4v) is 4.40. The van der Waals surface area contributed by atoms with E-state index in [9.17, 15) is 8.42 Å². The Morgan fingerprint density at radius 1 is 1.14 bits per heavy atom. The molecule has 124 valence electrons. The van der Waals surface area contributed by atoms with E-state index >= 15 is 0 Å². The van der Waals surface area contributed by atoms with Gasteiger partial charge in [-0.3, -0.25) is 0 Å². The van der Waals surface area contributed by atoms with Gasteiger partial charge in [-0.25, -0.2) is 12.7 Å². The minimum Gasteiger partial charge on any atom is -0.313 e. The van der Waals surface area contributed by atoms with Gasteiger partial charge in [-0.05, 0) is 58.2 Å². The maximum absolute atomic E-state index is 11.6. The summed E-state index contributed by atoms with van der Waals surface area (Å²) < 4.78 is 24.9. The lowest BCUT2D eigenvalue weighted by molar-refractivity contribution is 0.200. The Bertz CT molecular complexity index is 407. The molecule has 2 atom stereocenters. The fraction of sp³-hybridized carbons (Fsp3) is 1.00. The Hall–Kier alpha value is -0.170. The lowest BCUT2D eigenvalue weighted by atomic mass is 9.99. The van der Waals surface area contributed by atoms with Gasteiger partial charge >= 0.3 is 0 Å². The van der Waals surface area contributed by atoms with E-state index in [2.05, 4.69) is 17.1 Å². The minimum atomic E-state index is -3.02. The van der Waals surface area contributed by atoms with Crippen LogP contribution in [-0.2, 0) is 10.0 Å². The molecule has 0 aromatic carbocycles. The first-order valence-electron chi connectivity index (χ1n) is 8.36. The van der Waals surface area contributed by atoms with Gasteiger partial charge in [0.05, 0.1) is 6.26 Å². The van der Waals surface area contributed by atoms with E-state index < -0.39 is 10.0 Å². The van der Waals surface area contributed by atoms with Crippen LogP contribution in [0, 0.1) is 5.92 Å². The number of hydrogen-bond donors (Lipinski definition) is 1. The summed E-state index contributed by atoms with van der Waals surface area (Å²) in [5.41, 5.74) is 0. The predicted octanol–water partition coefficient (Wildman–Crippen LogP) is 1.12. The van der Waals surface area contributed by atoms with Crippen molar-refractivity contribution >= 4 is 10.0 Å². The highest BCUT2D eigenvalue weighted by molar-refractivity contribution is 7.88. The molecule has 6 heteroatoms. The largest absolute Gasteiger partial charge is 0.313 e. The molecule has 1 N–H and O–H groups in total. The second-order valence-electron chi connectivity index (χ2n) is 6.80. The third-order valence-electron chi connectivity index (χ3n) is 4.69. The number of piperidine rings is 2. The molecule has 0 aromatic heterocycles. The highest BCUT2D eigenvalue weighted by atomic mass is 32.2. The molecule has 0 saturated carbocycles. The summed E-state index contributed by atoms with van der Waals surface area (Å²) in [6, 6.07) is 0.483. The highest BCUT2D eigenvalue weighted by Crippen LogP contribution is 2.18. The summed E-state index contributed by atoms with van der Waals surface area (Å²) in [5.74, 6) is 0.456. The fourth-order valence-electron chi connectivity index (χ4n) is 3.46. The summed E-state index contributed by atoms with van der Waals surface area (Å²) in [5, 5.41) is 3.61. The van der Waals surface area contributed by atoms with Crippen molar-refractivity contribution in [3.8, 4) is 0 Å². The lowest BCUT2D eigenvalue weighted by Crippen LogP contribution is -2.46. The molecule has 2 saturated heterocycles. The first-order chi connectivity index (χ1) is 9.95. The van der Waals surface area contributed by atoms with Crippen LogP contribution < -0.4 is 5.32 Å². The van der Waals surface area contributed by atoms with E-state index in [0.29, 0.717) is 25.0 Å². The number of hydrogen-bond acceptors (Lipinski definition) is 4. The van der Waals surface area contributed by atoms with Crippen molar-refractivity contribution in [3.05, 3.63) is 0 Å². The van der Waals surface area contributed by atoms with Crippen molar-refractivity contribution in [1.82, 2.24) is 14.5 Å². The van der Waals surface area contributed by atoms with Gasteiger partial charge in [-0.1, -0.05) is 6.42 Å². The monoisotopic (exact) mass is 317 g/mol. The van der Waals surface area contributed by atoms with Crippen LogP contribution in [0.3, 0.4) is 0 Å². The quantitative estimate of drug-likeness (QED) is 0.798. The zero-order valence-electron chi connectivity index (χ0n) is 13.6. The molecule has 2 heterocycles. The molecule has 2 aliphatic heterocycles. The molecule has 0 amide bonds. The number of nitrogens with one attached hydrogen (secondary N) is 1. The molecule has 0 aliphatic carbocycles. The van der Waals surface area contributed by atoms with Crippen LogP contribution in [-0.4, -0.2) is 69.2 Å². The normalized spacial score (nSPS) is 27.6. The average molecular weight is 317 g/mol. The first kappa shape index (κ1) is 17.2. The van der Waals surface area contributed by atoms with Crippen LogP contribution in [0.4, 0.5) is 0 Å². The molecular weight excluding hydrogens is 286 g/mol. The lowest BCUT2D eigenvalue weighted by Gasteiger charge is -2.33. The molecule has 2 unspecified atom stereocenters. The molecule has 21 heavy (non-hydrogen) atoms. The molecule has 0 spiro atoms. The molecule has 2 rings (SSSR count). The molecule has 0 aromatic rings. The van der Waals surface area contributed by atoms with Crippen LogP contribution >= 0.6 is 0 Å². The Balaban J connectivity index is 1.69. The molecule has 2 aliphatic rings. The minimum absolute atomic E-state index is 0.456. The van der Waals surface area contributed by atoms with Crippen LogP contribution in [0.5, 0.6) is 0 Å². The maximum atomic E-state index is 11.6. The Morgan fingerprint density at radius 2 is 1.86 bits per heavy atom. The van der Waals surface area contributed by atoms with Crippen molar-refractivity contribution in [2.24, 2.45) is 5.92 Å². The Kier molecular flexibility index (Phi) is 6.47. The number of sulfonamides is 1. The van der Waals surface area contributed by atoms with Crippen LogP contribution in [0.1, 0.15) is 39.0 Å². The summed E-state index contributed by atoms with van der Waals surface area (Å²) in [6.45, 7) is 8.13. The van der Waals surface area contributed by atoms with Gasteiger partial charge in [-0.2, -0.15) is 0 Å². The molecule has 2 fully saturated rings. The highest BCUT2D eigenvalue weighted by Gasteiger charge is 2.26. The van der Waals surface area contributed by atoms with Crippen LogP contribution in [0.25, 0.3) is 0 Å². The third-order valence-corrected chi connectivity index (χ3v) is 5.96. The van der Waals surface area contributed by atoms with E-state index in [0.717, 1.165) is 25.9 Å². The van der Waals surface area contributed by atoms with Gasteiger partial charge in [0.15, 0.2) is 0 Å². The van der Waals surface area contributed by atoms with E-state index in [1.807, 2.05) is 0 Å². The van der Waals surface area contributed by atoms with Crippen LogP contribution in [0.2, 0.25) is 0 Å². The molecule has 0 radical (unpaired) electrons. The topological polar surface area (TPSA) is 52.6 Å². The zero-order chi connectivity index (χ0) is 15.3. The van der Waals surface area contributed by atoms with Crippen molar-refractivity contribution in [3.63, 3.8) is 0 Å². The smallest absolute Gasteiger partial charge is 0.211 e. The number of rotatable bonds is 6. The van der Waals surface area contributed by atoms with E-state index in [1.54, 1.807) is 4.31 Å².